The number of aliphatic hydroxyl groups is 3. The van der Waals surface area contributed by atoms with Gasteiger partial charge in [-0.3, -0.25) is 9.78 Å². The average molecular weight is 430 g/mol. The second-order valence-electron chi connectivity index (χ2n) is 5.88. The van der Waals surface area contributed by atoms with E-state index in [1.807, 2.05) is 0 Å². The first-order chi connectivity index (χ1) is 12.9. The highest BCUT2D eigenvalue weighted by Gasteiger charge is 2.21. The van der Waals surface area contributed by atoms with Crippen molar-refractivity contribution in [2.75, 3.05) is 6.61 Å². The Morgan fingerprint density at radius 1 is 1.11 bits per heavy atom. The van der Waals surface area contributed by atoms with Crippen LogP contribution in [-0.4, -0.2) is 37.6 Å². The molecule has 6 nitrogen and oxygen atoms in total. The number of halogens is 3. The Bertz CT molecular complexity index is 1050. The van der Waals surface area contributed by atoms with E-state index in [4.69, 9.17) is 39.9 Å². The van der Waals surface area contributed by atoms with Crippen molar-refractivity contribution >= 4 is 45.7 Å². The summed E-state index contributed by atoms with van der Waals surface area (Å²) >= 11 is 19.0. The Labute approximate surface area is 169 Å². The van der Waals surface area contributed by atoms with Gasteiger partial charge < -0.3 is 19.9 Å². The molecular weight excluding hydrogens is 415 g/mol. The number of para-hydroxylation sites is 1. The predicted octanol–water partition coefficient (Wildman–Crippen LogP) is 2.73. The zero-order chi connectivity index (χ0) is 19.7. The number of fused-ring (bicyclic) bond motifs is 1. The zero-order valence-electron chi connectivity index (χ0n) is 13.9. The highest BCUT2D eigenvalue weighted by atomic mass is 35.5. The number of aliphatic hydroxyl groups excluding tert-OH is 3. The molecule has 9 heteroatoms. The van der Waals surface area contributed by atoms with Crippen LogP contribution in [0.4, 0.5) is 0 Å². The Morgan fingerprint density at radius 3 is 2.37 bits per heavy atom. The van der Waals surface area contributed by atoms with Gasteiger partial charge in [0.25, 0.3) is 0 Å². The lowest BCUT2D eigenvalue weighted by Gasteiger charge is -2.20. The van der Waals surface area contributed by atoms with Crippen molar-refractivity contribution in [1.82, 2.24) is 9.55 Å². The summed E-state index contributed by atoms with van der Waals surface area (Å²) in [7, 11) is 0. The van der Waals surface area contributed by atoms with Crippen molar-refractivity contribution in [1.29, 1.82) is 0 Å². The largest absolute Gasteiger partial charge is 0.394 e. The summed E-state index contributed by atoms with van der Waals surface area (Å²) in [5.74, 6) is 0. The van der Waals surface area contributed by atoms with E-state index in [1.54, 1.807) is 18.2 Å². The highest BCUT2D eigenvalue weighted by Crippen LogP contribution is 2.34. The number of benzene rings is 1. The molecule has 0 spiro atoms. The van der Waals surface area contributed by atoms with E-state index in [-0.39, 0.29) is 33.7 Å². The molecule has 3 aromatic rings. The highest BCUT2D eigenvalue weighted by molar-refractivity contribution is 6.38. The molecule has 1 atom stereocenters. The predicted molar refractivity (Wildman–Crippen MR) is 105 cm³/mol. The summed E-state index contributed by atoms with van der Waals surface area (Å²) in [5.41, 5.74) is 0.699. The summed E-state index contributed by atoms with van der Waals surface area (Å²) in [5, 5.41) is 29.6. The van der Waals surface area contributed by atoms with Gasteiger partial charge in [-0.2, -0.15) is 0 Å². The minimum Gasteiger partial charge on any atom is -0.394 e. The topological polar surface area (TPSA) is 95.6 Å². The quantitative estimate of drug-likeness (QED) is 0.580. The number of pyridine rings is 2. The van der Waals surface area contributed by atoms with Gasteiger partial charge in [-0.15, -0.1) is 0 Å². The second kappa shape index (κ2) is 8.14. The van der Waals surface area contributed by atoms with E-state index in [2.05, 4.69) is 4.98 Å². The molecule has 142 valence electrons. The van der Waals surface area contributed by atoms with Crippen LogP contribution < -0.4 is 5.43 Å². The van der Waals surface area contributed by atoms with Crippen LogP contribution in [0.3, 0.4) is 0 Å². The number of hydrogen-bond acceptors (Lipinski definition) is 5. The average Bonchev–Trinajstić information content (AvgIpc) is 2.64. The maximum atomic E-state index is 12.7. The van der Waals surface area contributed by atoms with Gasteiger partial charge in [0.05, 0.1) is 62.4 Å². The van der Waals surface area contributed by atoms with Crippen LogP contribution in [0.2, 0.25) is 15.1 Å². The van der Waals surface area contributed by atoms with Crippen molar-refractivity contribution in [3.8, 4) is 5.69 Å². The smallest absolute Gasteiger partial charge is 0.191 e. The third-order valence-electron chi connectivity index (χ3n) is 4.10. The molecule has 0 bridgehead atoms. The van der Waals surface area contributed by atoms with Gasteiger partial charge in [0.1, 0.15) is 0 Å². The van der Waals surface area contributed by atoms with E-state index >= 15 is 0 Å². The summed E-state index contributed by atoms with van der Waals surface area (Å²) in [4.78, 5) is 16.9. The normalized spacial score (nSPS) is 12.5. The van der Waals surface area contributed by atoms with Crippen molar-refractivity contribution in [2.45, 2.75) is 19.1 Å². The molecule has 0 aliphatic rings. The first-order valence-corrected chi connectivity index (χ1v) is 9.08. The third-order valence-corrected chi connectivity index (χ3v) is 4.99. The fourth-order valence-corrected chi connectivity index (χ4v) is 3.74. The van der Waals surface area contributed by atoms with E-state index in [0.717, 1.165) is 0 Å². The van der Waals surface area contributed by atoms with Gasteiger partial charge in [0.15, 0.2) is 5.43 Å². The van der Waals surface area contributed by atoms with Crippen LogP contribution >= 0.6 is 34.8 Å². The van der Waals surface area contributed by atoms with E-state index in [9.17, 15) is 15.0 Å². The van der Waals surface area contributed by atoms with Crippen LogP contribution in [0, 0.1) is 0 Å². The van der Waals surface area contributed by atoms with Gasteiger partial charge in [-0.25, -0.2) is 0 Å². The van der Waals surface area contributed by atoms with Crippen molar-refractivity contribution in [3.63, 3.8) is 0 Å². The first-order valence-electron chi connectivity index (χ1n) is 7.95. The van der Waals surface area contributed by atoms with Crippen LogP contribution in [0.5, 0.6) is 0 Å². The lowest BCUT2D eigenvalue weighted by molar-refractivity contribution is 0.0950. The van der Waals surface area contributed by atoms with E-state index in [1.165, 1.54) is 16.8 Å². The number of aromatic nitrogens is 2. The molecule has 2 aromatic heterocycles. The Morgan fingerprint density at radius 2 is 1.78 bits per heavy atom. The molecule has 0 aliphatic carbocycles. The van der Waals surface area contributed by atoms with Gasteiger partial charge in [0, 0.05) is 18.7 Å². The molecule has 2 heterocycles. The summed E-state index contributed by atoms with van der Waals surface area (Å²) in [6.45, 7) is -0.939. The number of nitrogens with zero attached hydrogens (tertiary/aromatic N) is 2. The van der Waals surface area contributed by atoms with Crippen LogP contribution in [0.15, 0.2) is 35.3 Å². The summed E-state index contributed by atoms with van der Waals surface area (Å²) in [6, 6.07) is 6.16. The minimum atomic E-state index is -1.09. The fourth-order valence-electron chi connectivity index (χ4n) is 2.94. The van der Waals surface area contributed by atoms with E-state index < -0.39 is 24.7 Å². The Hall–Kier alpha value is -1.67. The minimum absolute atomic E-state index is 0.0475. The molecular formula is C18H15Cl3N2O4. The third kappa shape index (κ3) is 3.69. The molecule has 0 amide bonds. The molecule has 3 rings (SSSR count). The van der Waals surface area contributed by atoms with Crippen molar-refractivity contribution < 1.29 is 15.3 Å². The molecule has 0 unspecified atom stereocenters. The molecule has 0 fully saturated rings. The Kier molecular flexibility index (Phi) is 6.05. The number of rotatable bonds is 5. The molecule has 0 aliphatic heterocycles. The number of hydrogen-bond donors (Lipinski definition) is 3. The standard InChI is InChI=1S/C18H15Cl3N2O4/c19-11-2-1-3-12(20)17(11)23-9(7-24)4-15(27)16-14(5-10(26)8-25)22-6-13(21)18(16)23/h1-4,6,10,24-26H,5,7-8H2/t10-/m1/s1. The SMILES string of the molecule is O=c1cc(CO)n(-c2c(Cl)cccc2Cl)c2c(Cl)cnc(C[C@@H](O)CO)c12. The van der Waals surface area contributed by atoms with Gasteiger partial charge in [0.2, 0.25) is 0 Å². The Balaban J connectivity index is 2.48. The molecule has 0 saturated carbocycles. The maximum Gasteiger partial charge on any atom is 0.191 e. The summed E-state index contributed by atoms with van der Waals surface area (Å²) < 4.78 is 1.51. The molecule has 0 radical (unpaired) electrons. The maximum absolute atomic E-state index is 12.7. The van der Waals surface area contributed by atoms with Crippen molar-refractivity contribution in [3.05, 3.63) is 67.1 Å². The molecule has 0 saturated heterocycles. The van der Waals surface area contributed by atoms with Crippen LogP contribution in [0.1, 0.15) is 11.4 Å². The van der Waals surface area contributed by atoms with Crippen LogP contribution in [-0.2, 0) is 13.0 Å². The van der Waals surface area contributed by atoms with Gasteiger partial charge >= 0.3 is 0 Å². The summed E-state index contributed by atoms with van der Waals surface area (Å²) in [6.07, 6.45) is 0.204. The lowest BCUT2D eigenvalue weighted by Crippen LogP contribution is -2.20. The molecule has 27 heavy (non-hydrogen) atoms. The second-order valence-corrected chi connectivity index (χ2v) is 7.10. The van der Waals surface area contributed by atoms with Crippen molar-refractivity contribution in [2.24, 2.45) is 0 Å². The fraction of sp³-hybridized carbons (Fsp3) is 0.222. The zero-order valence-corrected chi connectivity index (χ0v) is 16.1. The van der Waals surface area contributed by atoms with Gasteiger partial charge in [-0.1, -0.05) is 40.9 Å². The van der Waals surface area contributed by atoms with Crippen LogP contribution in [0.25, 0.3) is 16.6 Å². The van der Waals surface area contributed by atoms with E-state index in [0.29, 0.717) is 15.7 Å². The monoisotopic (exact) mass is 428 g/mol. The molecule has 3 N–H and O–H groups in total. The lowest BCUT2D eigenvalue weighted by atomic mass is 10.1. The first kappa shape index (κ1) is 20.1. The molecule has 1 aromatic carbocycles. The van der Waals surface area contributed by atoms with Gasteiger partial charge in [-0.05, 0) is 12.1 Å².